The third-order valence-corrected chi connectivity index (χ3v) is 4.91. The number of benzene rings is 2. The Morgan fingerprint density at radius 1 is 1.00 bits per heavy atom. The molecule has 0 N–H and O–H groups in total. The summed E-state index contributed by atoms with van der Waals surface area (Å²) in [6.07, 6.45) is 5.10. The summed E-state index contributed by atoms with van der Waals surface area (Å²) < 4.78 is 0. The second-order valence-corrected chi connectivity index (χ2v) is 6.23. The van der Waals surface area contributed by atoms with Crippen molar-refractivity contribution in [2.24, 2.45) is 0 Å². The van der Waals surface area contributed by atoms with E-state index >= 15 is 0 Å². The molecular formula is C16H11Cl3OS. The third-order valence-electron chi connectivity index (χ3n) is 2.85. The molecule has 1 nitrogen and oxygen atoms in total. The zero-order valence-electron chi connectivity index (χ0n) is 11.1. The predicted octanol–water partition coefficient (Wildman–Crippen LogP) is 6.26. The van der Waals surface area contributed by atoms with Gasteiger partial charge in [-0.3, -0.25) is 4.79 Å². The topological polar surface area (TPSA) is 17.1 Å². The lowest BCUT2D eigenvalue weighted by Crippen LogP contribution is -1.93. The van der Waals surface area contributed by atoms with Gasteiger partial charge in [0, 0.05) is 10.5 Å². The smallest absolute Gasteiger partial charge is 0.185 e. The monoisotopic (exact) mass is 356 g/mol. The predicted molar refractivity (Wildman–Crippen MR) is 93.1 cm³/mol. The van der Waals surface area contributed by atoms with E-state index in [1.54, 1.807) is 42.1 Å². The summed E-state index contributed by atoms with van der Waals surface area (Å²) in [6, 6.07) is 10.8. The second kappa shape index (κ2) is 7.37. The van der Waals surface area contributed by atoms with Crippen LogP contribution in [0.5, 0.6) is 0 Å². The number of thioether (sulfide) groups is 1. The van der Waals surface area contributed by atoms with Crippen LogP contribution in [0.1, 0.15) is 15.9 Å². The van der Waals surface area contributed by atoms with E-state index in [9.17, 15) is 4.79 Å². The molecule has 0 aliphatic carbocycles. The molecule has 0 aromatic heterocycles. The lowest BCUT2D eigenvalue weighted by molar-refractivity contribution is 0.104. The Morgan fingerprint density at radius 2 is 1.67 bits per heavy atom. The first-order chi connectivity index (χ1) is 10.0. The lowest BCUT2D eigenvalue weighted by Gasteiger charge is -2.03. The van der Waals surface area contributed by atoms with Crippen LogP contribution in [0.4, 0.5) is 0 Å². The fraction of sp³-hybridized carbons (Fsp3) is 0.0625. The largest absolute Gasteiger partial charge is 0.289 e. The molecule has 2 rings (SSSR count). The van der Waals surface area contributed by atoms with Crippen molar-refractivity contribution in [2.75, 3.05) is 6.26 Å². The Morgan fingerprint density at radius 3 is 2.29 bits per heavy atom. The van der Waals surface area contributed by atoms with Crippen LogP contribution in [-0.2, 0) is 0 Å². The van der Waals surface area contributed by atoms with E-state index < -0.39 is 0 Å². The van der Waals surface area contributed by atoms with E-state index in [0.717, 1.165) is 4.90 Å². The van der Waals surface area contributed by atoms with E-state index in [1.807, 2.05) is 18.4 Å². The van der Waals surface area contributed by atoms with Crippen LogP contribution in [0, 0.1) is 0 Å². The normalized spacial score (nSPS) is 11.0. The summed E-state index contributed by atoms with van der Waals surface area (Å²) in [5, 5.41) is 1.01. The Hall–Kier alpha value is -0.930. The number of hydrogen-bond donors (Lipinski definition) is 0. The number of ketones is 1. The Kier molecular flexibility index (Phi) is 5.77. The van der Waals surface area contributed by atoms with Crippen LogP contribution in [-0.4, -0.2) is 12.0 Å². The van der Waals surface area contributed by atoms with Crippen molar-refractivity contribution >= 4 is 58.4 Å². The molecule has 2 aromatic rings. The SMILES string of the molecule is CSc1ccc(C(=O)C=Cc2ccc(Cl)c(Cl)c2Cl)cc1. The average Bonchev–Trinajstić information content (AvgIpc) is 2.52. The molecule has 0 aliphatic heterocycles. The van der Waals surface area contributed by atoms with Gasteiger partial charge in [0.25, 0.3) is 0 Å². The molecule has 5 heteroatoms. The van der Waals surface area contributed by atoms with Gasteiger partial charge in [-0.05, 0) is 54.3 Å². The maximum absolute atomic E-state index is 12.1. The van der Waals surface area contributed by atoms with Gasteiger partial charge < -0.3 is 0 Å². The third kappa shape index (κ3) is 4.04. The fourth-order valence-corrected chi connectivity index (χ4v) is 2.70. The minimum Gasteiger partial charge on any atom is -0.289 e. The first kappa shape index (κ1) is 16.4. The van der Waals surface area contributed by atoms with Gasteiger partial charge in [-0.15, -0.1) is 11.8 Å². The number of allylic oxidation sites excluding steroid dienone is 1. The number of carbonyl (C=O) groups is 1. The highest BCUT2D eigenvalue weighted by atomic mass is 35.5. The van der Waals surface area contributed by atoms with Crippen molar-refractivity contribution in [1.82, 2.24) is 0 Å². The summed E-state index contributed by atoms with van der Waals surface area (Å²) >= 11 is 19.5. The molecule has 0 radical (unpaired) electrons. The van der Waals surface area contributed by atoms with Crippen LogP contribution in [0.2, 0.25) is 15.1 Å². The van der Waals surface area contributed by atoms with Crippen LogP contribution < -0.4 is 0 Å². The minimum absolute atomic E-state index is 0.0928. The first-order valence-corrected chi connectivity index (χ1v) is 8.38. The summed E-state index contributed by atoms with van der Waals surface area (Å²) in [5.74, 6) is -0.0928. The van der Waals surface area contributed by atoms with Crippen molar-refractivity contribution in [3.63, 3.8) is 0 Å². The number of hydrogen-bond acceptors (Lipinski definition) is 2. The summed E-state index contributed by atoms with van der Waals surface area (Å²) in [5.41, 5.74) is 1.28. The second-order valence-electron chi connectivity index (χ2n) is 4.19. The number of rotatable bonds is 4. The van der Waals surface area contributed by atoms with Crippen LogP contribution in [0.3, 0.4) is 0 Å². The zero-order chi connectivity index (χ0) is 15.4. The number of halogens is 3. The summed E-state index contributed by atoms with van der Waals surface area (Å²) in [6.45, 7) is 0. The van der Waals surface area contributed by atoms with E-state index in [0.29, 0.717) is 21.2 Å². The summed E-state index contributed by atoms with van der Waals surface area (Å²) in [7, 11) is 0. The Labute approximate surface area is 142 Å². The van der Waals surface area contributed by atoms with Crippen molar-refractivity contribution < 1.29 is 4.79 Å². The molecule has 0 atom stereocenters. The van der Waals surface area contributed by atoms with E-state index in [-0.39, 0.29) is 10.8 Å². The zero-order valence-corrected chi connectivity index (χ0v) is 14.2. The van der Waals surface area contributed by atoms with Gasteiger partial charge in [-0.1, -0.05) is 40.9 Å². The molecule has 0 aliphatic rings. The quantitative estimate of drug-likeness (QED) is 0.278. The van der Waals surface area contributed by atoms with Gasteiger partial charge >= 0.3 is 0 Å². The Balaban J connectivity index is 2.20. The molecule has 0 fully saturated rings. The van der Waals surface area contributed by atoms with Crippen molar-refractivity contribution in [3.05, 3.63) is 68.7 Å². The molecule has 0 spiro atoms. The molecule has 2 aromatic carbocycles. The van der Waals surface area contributed by atoms with Crippen molar-refractivity contribution in [3.8, 4) is 0 Å². The molecule has 0 amide bonds. The van der Waals surface area contributed by atoms with Gasteiger partial charge in [-0.2, -0.15) is 0 Å². The summed E-state index contributed by atoms with van der Waals surface area (Å²) in [4.78, 5) is 13.2. The van der Waals surface area contributed by atoms with Gasteiger partial charge in [-0.25, -0.2) is 0 Å². The highest BCUT2D eigenvalue weighted by Gasteiger charge is 2.07. The van der Waals surface area contributed by atoms with Crippen LogP contribution in [0.15, 0.2) is 47.4 Å². The van der Waals surface area contributed by atoms with Gasteiger partial charge in [0.15, 0.2) is 5.78 Å². The highest BCUT2D eigenvalue weighted by Crippen LogP contribution is 2.33. The molecule has 0 saturated heterocycles. The first-order valence-electron chi connectivity index (χ1n) is 6.03. The van der Waals surface area contributed by atoms with Gasteiger partial charge in [0.05, 0.1) is 15.1 Å². The fourth-order valence-electron chi connectivity index (χ4n) is 1.69. The van der Waals surface area contributed by atoms with Crippen molar-refractivity contribution in [1.29, 1.82) is 0 Å². The van der Waals surface area contributed by atoms with Crippen molar-refractivity contribution in [2.45, 2.75) is 4.90 Å². The molecule has 21 heavy (non-hydrogen) atoms. The van der Waals surface area contributed by atoms with E-state index in [1.165, 1.54) is 6.08 Å². The Bertz CT molecular complexity index is 693. The van der Waals surface area contributed by atoms with Crippen LogP contribution in [0.25, 0.3) is 6.08 Å². The molecule has 0 bridgehead atoms. The highest BCUT2D eigenvalue weighted by molar-refractivity contribution is 7.98. The number of carbonyl (C=O) groups excluding carboxylic acids is 1. The van der Waals surface area contributed by atoms with Gasteiger partial charge in [0.2, 0.25) is 0 Å². The molecule has 0 heterocycles. The molecule has 0 unspecified atom stereocenters. The molecule has 108 valence electrons. The van der Waals surface area contributed by atoms with Crippen LogP contribution >= 0.6 is 46.6 Å². The molecular weight excluding hydrogens is 347 g/mol. The average molecular weight is 358 g/mol. The van der Waals surface area contributed by atoms with E-state index in [4.69, 9.17) is 34.8 Å². The maximum atomic E-state index is 12.1. The lowest BCUT2D eigenvalue weighted by atomic mass is 10.1. The minimum atomic E-state index is -0.0928. The van der Waals surface area contributed by atoms with E-state index in [2.05, 4.69) is 0 Å². The standard InChI is InChI=1S/C16H11Cl3OS/c1-21-12-6-2-10(3-7-12)14(20)9-5-11-4-8-13(17)16(19)15(11)18/h2-9H,1H3. The molecule has 0 saturated carbocycles. The maximum Gasteiger partial charge on any atom is 0.185 e. The van der Waals surface area contributed by atoms with Gasteiger partial charge in [0.1, 0.15) is 0 Å².